The second kappa shape index (κ2) is 3.88. The summed E-state index contributed by atoms with van der Waals surface area (Å²) >= 11 is 1.89. The molecule has 0 aliphatic carbocycles. The van der Waals surface area contributed by atoms with Gasteiger partial charge in [-0.15, -0.1) is 0 Å². The summed E-state index contributed by atoms with van der Waals surface area (Å²) in [7, 11) is 0. The molecule has 2 nitrogen and oxygen atoms in total. The molecule has 0 aliphatic rings. The zero-order valence-electron chi connectivity index (χ0n) is 5.62. The summed E-state index contributed by atoms with van der Waals surface area (Å²) in [6.45, 7) is 1.99. The molecule has 3 heteroatoms. The van der Waals surface area contributed by atoms with Gasteiger partial charge in [-0.25, -0.2) is 0 Å². The summed E-state index contributed by atoms with van der Waals surface area (Å²) < 4.78 is 5.07. The van der Waals surface area contributed by atoms with Crippen molar-refractivity contribution in [3.8, 4) is 0 Å². The molecular formula is C7H8INO. The number of pyridine rings is 1. The van der Waals surface area contributed by atoms with E-state index in [2.05, 4.69) is 4.98 Å². The van der Waals surface area contributed by atoms with Crippen LogP contribution in [0.5, 0.6) is 0 Å². The molecule has 1 heterocycles. The fourth-order valence-corrected chi connectivity index (χ4v) is 0.961. The van der Waals surface area contributed by atoms with Gasteiger partial charge in [-0.3, -0.25) is 4.98 Å². The Hall–Kier alpha value is -0.160. The number of hydrogen-bond acceptors (Lipinski definition) is 2. The first-order valence-electron chi connectivity index (χ1n) is 3.02. The van der Waals surface area contributed by atoms with Crippen LogP contribution < -0.4 is 0 Å². The molecule has 0 fully saturated rings. The molecule has 0 spiro atoms. The van der Waals surface area contributed by atoms with Gasteiger partial charge in [-0.05, 0) is 18.6 Å². The third-order valence-electron chi connectivity index (χ3n) is 1.29. The number of hydrogen-bond donors (Lipinski definition) is 0. The summed E-state index contributed by atoms with van der Waals surface area (Å²) in [4.78, 5) is 3.97. The van der Waals surface area contributed by atoms with Gasteiger partial charge >= 0.3 is 0 Å². The van der Waals surface area contributed by atoms with Gasteiger partial charge in [0.15, 0.2) is 0 Å². The second-order valence-corrected chi connectivity index (χ2v) is 2.53. The number of halogens is 1. The fourth-order valence-electron chi connectivity index (χ4n) is 0.668. The maximum atomic E-state index is 5.07. The molecule has 0 aliphatic heterocycles. The zero-order chi connectivity index (χ0) is 7.40. The molecule has 0 saturated heterocycles. The fraction of sp³-hybridized carbons (Fsp3) is 0.286. The van der Waals surface area contributed by atoms with Crippen LogP contribution in [-0.4, -0.2) is 4.98 Å². The molecule has 1 aromatic heterocycles. The molecule has 54 valence electrons. The minimum absolute atomic E-state index is 0.134. The van der Waals surface area contributed by atoms with Gasteiger partial charge in [0.25, 0.3) is 0 Å². The highest BCUT2D eigenvalue weighted by molar-refractivity contribution is 14.1. The van der Waals surface area contributed by atoms with Crippen molar-refractivity contribution in [2.75, 3.05) is 0 Å². The summed E-state index contributed by atoms with van der Waals surface area (Å²) in [5.41, 5.74) is 1.11. The van der Waals surface area contributed by atoms with Crippen LogP contribution >= 0.6 is 23.0 Å². The van der Waals surface area contributed by atoms with Crippen molar-refractivity contribution in [3.05, 3.63) is 30.1 Å². The molecule has 0 N–H and O–H groups in total. The predicted molar refractivity (Wildman–Crippen MR) is 47.8 cm³/mol. The van der Waals surface area contributed by atoms with Crippen molar-refractivity contribution in [1.82, 2.24) is 4.98 Å². The Morgan fingerprint density at radius 2 is 2.50 bits per heavy atom. The van der Waals surface area contributed by atoms with E-state index >= 15 is 0 Å². The van der Waals surface area contributed by atoms with E-state index in [4.69, 9.17) is 3.07 Å². The van der Waals surface area contributed by atoms with E-state index in [-0.39, 0.29) is 6.10 Å². The van der Waals surface area contributed by atoms with Crippen LogP contribution in [0.4, 0.5) is 0 Å². The highest BCUT2D eigenvalue weighted by Crippen LogP contribution is 2.16. The van der Waals surface area contributed by atoms with E-state index in [0.717, 1.165) is 5.56 Å². The van der Waals surface area contributed by atoms with Crippen molar-refractivity contribution in [3.63, 3.8) is 0 Å². The normalized spacial score (nSPS) is 13.0. The Bertz CT molecular complexity index is 190. The second-order valence-electron chi connectivity index (χ2n) is 2.02. The standard InChI is InChI=1S/C7H8INO/c1-6(10-8)7-3-2-4-9-5-7/h2-6H,1H3. The lowest BCUT2D eigenvalue weighted by atomic mass is 10.2. The van der Waals surface area contributed by atoms with Crippen LogP contribution in [0.3, 0.4) is 0 Å². The van der Waals surface area contributed by atoms with E-state index in [0.29, 0.717) is 0 Å². The quantitative estimate of drug-likeness (QED) is 0.751. The molecule has 1 unspecified atom stereocenters. The van der Waals surface area contributed by atoms with Gasteiger partial charge in [-0.1, -0.05) is 6.07 Å². The SMILES string of the molecule is CC(OI)c1cccnc1. The summed E-state index contributed by atoms with van der Waals surface area (Å²) in [6, 6.07) is 3.90. The van der Waals surface area contributed by atoms with E-state index < -0.39 is 0 Å². The molecule has 1 atom stereocenters. The number of rotatable bonds is 2. The average molecular weight is 249 g/mol. The van der Waals surface area contributed by atoms with Gasteiger partial charge in [0.2, 0.25) is 0 Å². The smallest absolute Gasteiger partial charge is 0.110 e. The third kappa shape index (κ3) is 1.91. The first-order valence-corrected chi connectivity index (χ1v) is 3.90. The maximum Gasteiger partial charge on any atom is 0.110 e. The molecule has 0 aromatic carbocycles. The highest BCUT2D eigenvalue weighted by atomic mass is 127. The number of nitrogens with zero attached hydrogens (tertiary/aromatic N) is 1. The molecule has 0 amide bonds. The Balaban J connectivity index is 2.75. The van der Waals surface area contributed by atoms with Crippen LogP contribution in [0.1, 0.15) is 18.6 Å². The molecule has 0 saturated carbocycles. The molecular weight excluding hydrogens is 241 g/mol. The monoisotopic (exact) mass is 249 g/mol. The van der Waals surface area contributed by atoms with Crippen LogP contribution in [0.15, 0.2) is 24.5 Å². The van der Waals surface area contributed by atoms with E-state index in [1.807, 2.05) is 48.3 Å². The Morgan fingerprint density at radius 1 is 1.70 bits per heavy atom. The van der Waals surface area contributed by atoms with Crippen molar-refractivity contribution < 1.29 is 3.07 Å². The Kier molecular flexibility index (Phi) is 3.08. The van der Waals surface area contributed by atoms with Crippen LogP contribution in [0.25, 0.3) is 0 Å². The van der Waals surface area contributed by atoms with Crippen molar-refractivity contribution in [2.24, 2.45) is 0 Å². The largest absolute Gasteiger partial charge is 0.308 e. The van der Waals surface area contributed by atoms with E-state index in [9.17, 15) is 0 Å². The van der Waals surface area contributed by atoms with Crippen LogP contribution in [0.2, 0.25) is 0 Å². The van der Waals surface area contributed by atoms with Gasteiger partial charge in [-0.2, -0.15) is 0 Å². The summed E-state index contributed by atoms with van der Waals surface area (Å²) in [5.74, 6) is 0. The highest BCUT2D eigenvalue weighted by Gasteiger charge is 2.01. The van der Waals surface area contributed by atoms with Crippen molar-refractivity contribution in [1.29, 1.82) is 0 Å². The average Bonchev–Trinajstić information content (AvgIpc) is 2.05. The minimum Gasteiger partial charge on any atom is -0.308 e. The van der Waals surface area contributed by atoms with Crippen molar-refractivity contribution in [2.45, 2.75) is 13.0 Å². The van der Waals surface area contributed by atoms with Crippen molar-refractivity contribution >= 4 is 23.0 Å². The Labute approximate surface area is 74.3 Å². The molecule has 10 heavy (non-hydrogen) atoms. The van der Waals surface area contributed by atoms with Crippen LogP contribution in [0, 0.1) is 0 Å². The summed E-state index contributed by atoms with van der Waals surface area (Å²) in [6.07, 6.45) is 3.70. The Morgan fingerprint density at radius 3 is 3.00 bits per heavy atom. The van der Waals surface area contributed by atoms with E-state index in [1.54, 1.807) is 6.20 Å². The van der Waals surface area contributed by atoms with Crippen LogP contribution in [-0.2, 0) is 3.07 Å². The molecule has 0 radical (unpaired) electrons. The minimum atomic E-state index is 0.134. The molecule has 0 bridgehead atoms. The summed E-state index contributed by atoms with van der Waals surface area (Å²) in [5, 5.41) is 0. The van der Waals surface area contributed by atoms with Gasteiger partial charge in [0.1, 0.15) is 23.0 Å². The molecule has 1 aromatic rings. The topological polar surface area (TPSA) is 22.1 Å². The maximum absolute atomic E-state index is 5.07. The lowest BCUT2D eigenvalue weighted by Gasteiger charge is -2.05. The first-order chi connectivity index (χ1) is 4.84. The predicted octanol–water partition coefficient (Wildman–Crippen LogP) is 2.51. The zero-order valence-corrected chi connectivity index (χ0v) is 7.78. The lowest BCUT2D eigenvalue weighted by Crippen LogP contribution is -1.91. The van der Waals surface area contributed by atoms with E-state index in [1.165, 1.54) is 0 Å². The molecule has 1 rings (SSSR count). The van der Waals surface area contributed by atoms with Gasteiger partial charge in [0, 0.05) is 12.4 Å². The van der Waals surface area contributed by atoms with Gasteiger partial charge in [0.05, 0.1) is 6.10 Å². The van der Waals surface area contributed by atoms with Gasteiger partial charge < -0.3 is 3.07 Å². The third-order valence-corrected chi connectivity index (χ3v) is 2.05. The lowest BCUT2D eigenvalue weighted by molar-refractivity contribution is 0.317. The first kappa shape index (κ1) is 7.94. The number of aromatic nitrogens is 1.